The third-order valence-corrected chi connectivity index (χ3v) is 13.6. The Bertz CT molecular complexity index is 761. The SMILES string of the molecule is CC(C)C1CC2CC(C1)CN(C(C)C)C2.CC(C)C1CC2CC(C2)CN(C(C)C)C1.CC(C)N1CC2CC(C(C)C)(C2)C1. The Morgan fingerprint density at radius 1 is 0.419 bits per heavy atom. The predicted octanol–water partition coefficient (Wildman–Crippen LogP) is 9.56. The minimum absolute atomic E-state index is 0.702. The maximum Gasteiger partial charge on any atom is 0.00435 e. The number of fused-ring (bicyclic) bond motifs is 8. The van der Waals surface area contributed by atoms with E-state index in [4.69, 9.17) is 0 Å². The third kappa shape index (κ3) is 9.24. The summed E-state index contributed by atoms with van der Waals surface area (Å²) in [5, 5.41) is 0. The molecule has 3 unspecified atom stereocenters. The minimum Gasteiger partial charge on any atom is -0.300 e. The molecule has 0 aromatic carbocycles. The molecule has 0 spiro atoms. The summed E-state index contributed by atoms with van der Waals surface area (Å²) in [6.07, 6.45) is 12.1. The fraction of sp³-hybridized carbons (Fsp3) is 1.00. The lowest BCUT2D eigenvalue weighted by Gasteiger charge is -2.60. The van der Waals surface area contributed by atoms with Crippen molar-refractivity contribution in [3.63, 3.8) is 0 Å². The number of nitrogens with zero attached hydrogens (tertiary/aromatic N) is 3. The van der Waals surface area contributed by atoms with Crippen LogP contribution in [0.2, 0.25) is 0 Å². The topological polar surface area (TPSA) is 9.72 Å². The molecule has 5 heterocycles. The second-order valence-electron chi connectivity index (χ2n) is 18.8. The van der Waals surface area contributed by atoms with Gasteiger partial charge >= 0.3 is 0 Å². The first-order valence-electron chi connectivity index (χ1n) is 19.4. The fourth-order valence-corrected chi connectivity index (χ4v) is 10.1. The van der Waals surface area contributed by atoms with Gasteiger partial charge in [0, 0.05) is 57.4 Å². The summed E-state index contributed by atoms with van der Waals surface area (Å²) in [6, 6.07) is 2.25. The lowest BCUT2D eigenvalue weighted by atomic mass is 9.54. The van der Waals surface area contributed by atoms with Crippen LogP contribution in [0.4, 0.5) is 0 Å². The van der Waals surface area contributed by atoms with Gasteiger partial charge in [0.05, 0.1) is 0 Å². The molecular weight excluding hydrogens is 522 g/mol. The first-order valence-corrected chi connectivity index (χ1v) is 19.4. The Morgan fingerprint density at radius 2 is 0.814 bits per heavy atom. The molecule has 5 aliphatic heterocycles. The second-order valence-corrected chi connectivity index (χ2v) is 18.8. The van der Waals surface area contributed by atoms with Crippen LogP contribution in [0.25, 0.3) is 0 Å². The highest BCUT2D eigenvalue weighted by atomic mass is 15.2. The molecule has 252 valence electrons. The molecule has 0 aromatic rings. The third-order valence-electron chi connectivity index (χ3n) is 13.6. The number of likely N-dealkylation sites (tertiary alicyclic amines) is 1. The largest absolute Gasteiger partial charge is 0.300 e. The van der Waals surface area contributed by atoms with Crippen molar-refractivity contribution < 1.29 is 0 Å². The van der Waals surface area contributed by atoms with Gasteiger partial charge in [0.2, 0.25) is 0 Å². The van der Waals surface area contributed by atoms with E-state index in [1.54, 1.807) is 0 Å². The summed E-state index contributed by atoms with van der Waals surface area (Å²) in [4.78, 5) is 8.11. The van der Waals surface area contributed by atoms with E-state index in [9.17, 15) is 0 Å². The molecule has 3 nitrogen and oxygen atoms in total. The Kier molecular flexibility index (Phi) is 12.6. The van der Waals surface area contributed by atoms with Crippen LogP contribution in [0.1, 0.15) is 134 Å². The molecule has 8 fully saturated rings. The van der Waals surface area contributed by atoms with E-state index in [2.05, 4.69) is 97.8 Å². The number of hydrogen-bond donors (Lipinski definition) is 0. The zero-order chi connectivity index (χ0) is 31.6. The van der Waals surface area contributed by atoms with E-state index >= 15 is 0 Å². The average molecular weight is 600 g/mol. The Labute approximate surface area is 270 Å². The minimum atomic E-state index is 0.702. The zero-order valence-electron chi connectivity index (χ0n) is 31.2. The monoisotopic (exact) mass is 600 g/mol. The first kappa shape index (κ1) is 35.7. The number of rotatable bonds is 6. The molecule has 0 amide bonds. The number of hydrogen-bond acceptors (Lipinski definition) is 3. The van der Waals surface area contributed by atoms with Crippen molar-refractivity contribution in [1.29, 1.82) is 0 Å². The van der Waals surface area contributed by atoms with Crippen molar-refractivity contribution in [3.05, 3.63) is 0 Å². The lowest BCUT2D eigenvalue weighted by Crippen LogP contribution is -2.60. The van der Waals surface area contributed by atoms with Crippen molar-refractivity contribution >= 4 is 0 Å². The highest BCUT2D eigenvalue weighted by Crippen LogP contribution is 2.55. The van der Waals surface area contributed by atoms with Crippen molar-refractivity contribution in [2.24, 2.45) is 64.6 Å². The molecular formula is C40H77N3. The van der Waals surface area contributed by atoms with E-state index in [0.29, 0.717) is 5.41 Å². The molecule has 0 radical (unpaired) electrons. The van der Waals surface area contributed by atoms with Gasteiger partial charge in [-0.3, -0.25) is 0 Å². The quantitative estimate of drug-likeness (QED) is 0.301. The maximum absolute atomic E-state index is 2.73. The Morgan fingerprint density at radius 3 is 1.26 bits per heavy atom. The smallest absolute Gasteiger partial charge is 0.00435 e. The van der Waals surface area contributed by atoms with Crippen LogP contribution in [0, 0.1) is 64.6 Å². The summed E-state index contributed by atoms with van der Waals surface area (Å²) in [5.74, 6) is 9.76. The fourth-order valence-electron chi connectivity index (χ4n) is 10.1. The summed E-state index contributed by atoms with van der Waals surface area (Å²) >= 11 is 0. The predicted molar refractivity (Wildman–Crippen MR) is 188 cm³/mol. The van der Waals surface area contributed by atoms with E-state index in [1.807, 2.05) is 0 Å². The molecule has 3 heteroatoms. The molecule has 3 atom stereocenters. The van der Waals surface area contributed by atoms with Crippen LogP contribution in [0.3, 0.4) is 0 Å². The van der Waals surface area contributed by atoms with Gasteiger partial charge in [0.1, 0.15) is 0 Å². The molecule has 43 heavy (non-hydrogen) atoms. The van der Waals surface area contributed by atoms with Crippen LogP contribution < -0.4 is 0 Å². The van der Waals surface area contributed by atoms with E-state index < -0.39 is 0 Å². The van der Waals surface area contributed by atoms with E-state index in [0.717, 1.165) is 77.3 Å². The second kappa shape index (κ2) is 15.2. The highest BCUT2D eigenvalue weighted by molar-refractivity contribution is 5.03. The number of piperidine rings is 3. The van der Waals surface area contributed by atoms with Crippen LogP contribution in [-0.2, 0) is 0 Å². The molecule has 5 saturated heterocycles. The van der Waals surface area contributed by atoms with Gasteiger partial charge in [-0.05, 0) is 158 Å². The zero-order valence-corrected chi connectivity index (χ0v) is 31.2. The van der Waals surface area contributed by atoms with Gasteiger partial charge < -0.3 is 14.7 Å². The van der Waals surface area contributed by atoms with Crippen molar-refractivity contribution in [3.8, 4) is 0 Å². The summed E-state index contributed by atoms with van der Waals surface area (Å²) < 4.78 is 0. The Balaban J connectivity index is 0.000000148. The van der Waals surface area contributed by atoms with Gasteiger partial charge in [-0.25, -0.2) is 0 Å². The van der Waals surface area contributed by atoms with Crippen molar-refractivity contribution in [2.45, 2.75) is 153 Å². The summed E-state index contributed by atoms with van der Waals surface area (Å²) in [7, 11) is 0. The summed E-state index contributed by atoms with van der Waals surface area (Å²) in [6.45, 7) is 36.7. The maximum atomic E-state index is 2.73. The molecule has 8 rings (SSSR count). The van der Waals surface area contributed by atoms with Gasteiger partial charge in [-0.15, -0.1) is 0 Å². The average Bonchev–Trinajstić information content (AvgIpc) is 2.86. The summed E-state index contributed by atoms with van der Waals surface area (Å²) in [5.41, 5.74) is 0.702. The molecule has 3 aliphatic carbocycles. The Hall–Kier alpha value is -0.120. The van der Waals surface area contributed by atoms with Crippen molar-refractivity contribution in [1.82, 2.24) is 14.7 Å². The molecule has 8 aliphatic rings. The van der Waals surface area contributed by atoms with Crippen molar-refractivity contribution in [2.75, 3.05) is 39.3 Å². The van der Waals surface area contributed by atoms with E-state index in [-0.39, 0.29) is 0 Å². The van der Waals surface area contributed by atoms with Gasteiger partial charge in [0.15, 0.2) is 0 Å². The van der Waals surface area contributed by atoms with Crippen LogP contribution in [0.15, 0.2) is 0 Å². The highest BCUT2D eigenvalue weighted by Gasteiger charge is 2.51. The van der Waals surface area contributed by atoms with Gasteiger partial charge in [-0.2, -0.15) is 0 Å². The van der Waals surface area contributed by atoms with Crippen LogP contribution >= 0.6 is 0 Å². The normalized spacial score (nSPS) is 38.2. The van der Waals surface area contributed by atoms with Gasteiger partial charge in [-0.1, -0.05) is 41.5 Å². The van der Waals surface area contributed by atoms with E-state index in [1.165, 1.54) is 90.6 Å². The molecule has 0 aromatic heterocycles. The van der Waals surface area contributed by atoms with Crippen LogP contribution in [-0.4, -0.2) is 72.1 Å². The standard InChI is InChI=1S/2C14H27N.C12H23N/c1-10(2)14-6-12-5-13(7-14)9-15(8-12)11(3)4;1-10(2)14-7-12-5-13(6-12)8-15(9-14)11(3)4;1-9(2)12-5-11(6-12)7-13(8-12)10(3)4/h2*10-14H,5-9H2,1-4H3;9-11H,5-8H2,1-4H3. The lowest BCUT2D eigenvalue weighted by molar-refractivity contribution is -0.101. The molecule has 3 saturated carbocycles. The van der Waals surface area contributed by atoms with Crippen LogP contribution in [0.5, 0.6) is 0 Å². The molecule has 6 bridgehead atoms. The van der Waals surface area contributed by atoms with Gasteiger partial charge in [0.25, 0.3) is 0 Å². The molecule has 0 N–H and O–H groups in total. The first-order chi connectivity index (χ1) is 20.2.